The Balaban J connectivity index is 1.20. The largest absolute Gasteiger partial charge is 0.495 e. The number of hydrogen-bond donors (Lipinski definition) is 3. The molecule has 3 N–H and O–H groups in total. The van der Waals surface area contributed by atoms with Gasteiger partial charge in [0.15, 0.2) is 0 Å². The van der Waals surface area contributed by atoms with E-state index < -0.39 is 29.0 Å². The van der Waals surface area contributed by atoms with Crippen molar-refractivity contribution in [3.8, 4) is 17.4 Å². The van der Waals surface area contributed by atoms with Crippen molar-refractivity contribution in [3.63, 3.8) is 0 Å². The van der Waals surface area contributed by atoms with E-state index in [2.05, 4.69) is 25.9 Å². The van der Waals surface area contributed by atoms with E-state index in [-0.39, 0.29) is 11.8 Å². The second-order valence-electron chi connectivity index (χ2n) is 9.37. The van der Waals surface area contributed by atoms with Crippen molar-refractivity contribution in [1.29, 1.82) is 0 Å². The summed E-state index contributed by atoms with van der Waals surface area (Å²) in [5.41, 5.74) is 0.595. The summed E-state index contributed by atoms with van der Waals surface area (Å²) in [6.45, 7) is 0. The number of esters is 1. The average Bonchev–Trinajstić information content (AvgIpc) is 3.82. The van der Waals surface area contributed by atoms with E-state index in [1.54, 1.807) is 42.5 Å². The van der Waals surface area contributed by atoms with Gasteiger partial charge in [0.25, 0.3) is 0 Å². The number of ether oxygens (including phenoxy) is 3. The normalized spacial score (nSPS) is 12.9. The van der Waals surface area contributed by atoms with E-state index in [9.17, 15) is 18.8 Å². The van der Waals surface area contributed by atoms with Gasteiger partial charge in [-0.2, -0.15) is 4.98 Å². The van der Waals surface area contributed by atoms with E-state index >= 15 is 0 Å². The summed E-state index contributed by atoms with van der Waals surface area (Å²) in [7, 11) is 2.77. The highest BCUT2D eigenvalue weighted by molar-refractivity contribution is 6.16. The standard InChI is InChI=1S/C30H26FN5O6/c1-40-24-17-18(26(37)41-2)3-12-23(24)35-29-32-16-13-25(36-29)42-22-10-8-21(9-11-22)34-28(39)30(14-15-30)27(38)33-20-6-4-19(31)5-7-20/h3-13,16-17H,14-15H2,1-2H3,(H,33,38)(H,34,39)(H,32,35,36). The Morgan fingerprint density at radius 3 is 2.10 bits per heavy atom. The number of anilines is 4. The number of nitrogens with one attached hydrogen (secondary N) is 3. The van der Waals surface area contributed by atoms with Crippen LogP contribution < -0.4 is 25.4 Å². The fourth-order valence-corrected chi connectivity index (χ4v) is 4.06. The zero-order chi connectivity index (χ0) is 29.7. The molecule has 2 amide bonds. The second-order valence-corrected chi connectivity index (χ2v) is 9.37. The average molecular weight is 572 g/mol. The molecular weight excluding hydrogens is 545 g/mol. The van der Waals surface area contributed by atoms with Crippen LogP contribution in [0.4, 0.5) is 27.4 Å². The van der Waals surface area contributed by atoms with Crippen molar-refractivity contribution >= 4 is 40.8 Å². The molecule has 0 aliphatic heterocycles. The first-order valence-electron chi connectivity index (χ1n) is 12.8. The van der Waals surface area contributed by atoms with Crippen LogP contribution in [0.3, 0.4) is 0 Å². The van der Waals surface area contributed by atoms with Gasteiger partial charge in [0.1, 0.15) is 22.7 Å². The summed E-state index contributed by atoms with van der Waals surface area (Å²) >= 11 is 0. The minimum atomic E-state index is -1.17. The maximum Gasteiger partial charge on any atom is 0.337 e. The lowest BCUT2D eigenvalue weighted by molar-refractivity contribution is -0.131. The molecular formula is C30H26FN5O6. The monoisotopic (exact) mass is 571 g/mol. The van der Waals surface area contributed by atoms with Crippen LogP contribution >= 0.6 is 0 Å². The van der Waals surface area contributed by atoms with E-state index in [1.165, 1.54) is 50.7 Å². The highest BCUT2D eigenvalue weighted by Gasteiger charge is 2.56. The summed E-state index contributed by atoms with van der Waals surface area (Å²) in [5.74, 6) is -0.427. The summed E-state index contributed by atoms with van der Waals surface area (Å²) in [6, 6.07) is 18.3. The quantitative estimate of drug-likeness (QED) is 0.171. The second kappa shape index (κ2) is 11.9. The zero-order valence-corrected chi connectivity index (χ0v) is 22.6. The number of carbonyl (C=O) groups is 3. The van der Waals surface area contributed by atoms with Crippen molar-refractivity contribution in [1.82, 2.24) is 9.97 Å². The van der Waals surface area contributed by atoms with Crippen molar-refractivity contribution in [2.75, 3.05) is 30.2 Å². The number of amides is 2. The first-order chi connectivity index (χ1) is 20.3. The smallest absolute Gasteiger partial charge is 0.337 e. The van der Waals surface area contributed by atoms with Gasteiger partial charge in [-0.3, -0.25) is 9.59 Å². The predicted octanol–water partition coefficient (Wildman–Crippen LogP) is 5.30. The molecule has 42 heavy (non-hydrogen) atoms. The van der Waals surface area contributed by atoms with Crippen molar-refractivity contribution < 1.29 is 33.0 Å². The fourth-order valence-electron chi connectivity index (χ4n) is 4.06. The molecule has 11 nitrogen and oxygen atoms in total. The van der Waals surface area contributed by atoms with Gasteiger partial charge in [0.05, 0.1) is 25.5 Å². The lowest BCUT2D eigenvalue weighted by Gasteiger charge is -2.16. The minimum absolute atomic E-state index is 0.231. The third-order valence-electron chi connectivity index (χ3n) is 6.56. The number of carbonyl (C=O) groups excluding carboxylic acids is 3. The van der Waals surface area contributed by atoms with Crippen molar-refractivity contribution in [2.45, 2.75) is 12.8 Å². The first kappa shape index (κ1) is 28.0. The fraction of sp³-hybridized carbons (Fsp3) is 0.167. The molecule has 1 aliphatic carbocycles. The van der Waals surface area contributed by atoms with Crippen LogP contribution in [0, 0.1) is 11.2 Å². The molecule has 0 atom stereocenters. The number of nitrogens with zero attached hydrogens (tertiary/aromatic N) is 2. The molecule has 1 heterocycles. The van der Waals surface area contributed by atoms with Gasteiger partial charge in [0.2, 0.25) is 23.6 Å². The Morgan fingerprint density at radius 1 is 0.857 bits per heavy atom. The molecule has 1 aromatic heterocycles. The Labute approximate surface area is 240 Å². The van der Waals surface area contributed by atoms with E-state index in [1.807, 2.05) is 0 Å². The molecule has 5 rings (SSSR count). The molecule has 1 saturated carbocycles. The number of rotatable bonds is 10. The van der Waals surface area contributed by atoms with Crippen LogP contribution in [0.1, 0.15) is 23.2 Å². The molecule has 0 unspecified atom stereocenters. The highest BCUT2D eigenvalue weighted by Crippen LogP contribution is 2.47. The lowest BCUT2D eigenvalue weighted by Crippen LogP contribution is -2.35. The van der Waals surface area contributed by atoms with Crippen LogP contribution in [-0.4, -0.2) is 42.0 Å². The van der Waals surface area contributed by atoms with Crippen molar-refractivity contribution in [3.05, 3.63) is 90.4 Å². The third-order valence-corrected chi connectivity index (χ3v) is 6.56. The van der Waals surface area contributed by atoms with Gasteiger partial charge >= 0.3 is 5.97 Å². The zero-order valence-electron chi connectivity index (χ0n) is 22.6. The summed E-state index contributed by atoms with van der Waals surface area (Å²) < 4.78 is 29.1. The Bertz CT molecular complexity index is 1620. The maximum absolute atomic E-state index is 13.1. The molecule has 0 spiro atoms. The summed E-state index contributed by atoms with van der Waals surface area (Å²) in [4.78, 5) is 46.1. The van der Waals surface area contributed by atoms with E-state index in [0.717, 1.165) is 0 Å². The molecule has 1 aliphatic rings. The van der Waals surface area contributed by atoms with Gasteiger partial charge in [-0.1, -0.05) is 0 Å². The number of aromatic nitrogens is 2. The molecule has 3 aromatic carbocycles. The predicted molar refractivity (Wildman–Crippen MR) is 151 cm³/mol. The van der Waals surface area contributed by atoms with Crippen molar-refractivity contribution in [2.24, 2.45) is 5.41 Å². The summed E-state index contributed by atoms with van der Waals surface area (Å²) in [6.07, 6.45) is 2.34. The number of benzene rings is 3. The SMILES string of the molecule is COC(=O)c1ccc(Nc2nccc(Oc3ccc(NC(=O)C4(C(=O)Nc5ccc(F)cc5)CC4)cc3)n2)c(OC)c1. The molecule has 0 saturated heterocycles. The van der Waals surface area contributed by atoms with Crippen LogP contribution in [0.15, 0.2) is 79.0 Å². The van der Waals surface area contributed by atoms with Crippen LogP contribution in [0.2, 0.25) is 0 Å². The molecule has 1 fully saturated rings. The number of methoxy groups -OCH3 is 2. The molecule has 0 bridgehead atoms. The molecule has 214 valence electrons. The van der Waals surface area contributed by atoms with Gasteiger partial charge in [0, 0.05) is 23.6 Å². The first-order valence-corrected chi connectivity index (χ1v) is 12.8. The van der Waals surface area contributed by atoms with Crippen LogP contribution in [0.25, 0.3) is 0 Å². The molecule has 0 radical (unpaired) electrons. The van der Waals surface area contributed by atoms with Crippen LogP contribution in [-0.2, 0) is 14.3 Å². The molecule has 12 heteroatoms. The third kappa shape index (κ3) is 6.28. The topological polar surface area (TPSA) is 141 Å². The Kier molecular flexibility index (Phi) is 7.96. The number of hydrogen-bond acceptors (Lipinski definition) is 9. The maximum atomic E-state index is 13.1. The van der Waals surface area contributed by atoms with E-state index in [4.69, 9.17) is 14.2 Å². The van der Waals surface area contributed by atoms with Gasteiger partial charge < -0.3 is 30.2 Å². The minimum Gasteiger partial charge on any atom is -0.495 e. The summed E-state index contributed by atoms with van der Waals surface area (Å²) in [5, 5.41) is 8.50. The van der Waals surface area contributed by atoms with Crippen LogP contribution in [0.5, 0.6) is 17.4 Å². The van der Waals surface area contributed by atoms with Gasteiger partial charge in [-0.15, -0.1) is 0 Å². The van der Waals surface area contributed by atoms with Gasteiger partial charge in [-0.05, 0) is 79.6 Å². The van der Waals surface area contributed by atoms with E-state index in [0.29, 0.717) is 47.0 Å². The Hall–Kier alpha value is -5.52. The van der Waals surface area contributed by atoms with Gasteiger partial charge in [-0.25, -0.2) is 14.2 Å². The lowest BCUT2D eigenvalue weighted by atomic mass is 10.0. The number of halogens is 1. The molecule has 4 aromatic rings. The Morgan fingerprint density at radius 2 is 1.50 bits per heavy atom. The highest BCUT2D eigenvalue weighted by atomic mass is 19.1.